The van der Waals surface area contributed by atoms with Gasteiger partial charge in [-0.05, 0) is 30.4 Å². The van der Waals surface area contributed by atoms with Crippen LogP contribution in [-0.2, 0) is 16.0 Å². The van der Waals surface area contributed by atoms with E-state index in [1.54, 1.807) is 32.0 Å². The van der Waals surface area contributed by atoms with Crippen LogP contribution in [0.2, 0.25) is 0 Å². The summed E-state index contributed by atoms with van der Waals surface area (Å²) >= 11 is 0. The zero-order valence-corrected chi connectivity index (χ0v) is 13.7. The van der Waals surface area contributed by atoms with Gasteiger partial charge in [0.25, 0.3) is 5.91 Å². The molecule has 0 saturated carbocycles. The lowest BCUT2D eigenvalue weighted by Crippen LogP contribution is -2.49. The van der Waals surface area contributed by atoms with Gasteiger partial charge in [-0.2, -0.15) is 0 Å². The van der Waals surface area contributed by atoms with E-state index in [1.165, 1.54) is 6.07 Å². The monoisotopic (exact) mass is 336 g/mol. The highest BCUT2D eigenvalue weighted by atomic mass is 19.1. The third kappa shape index (κ3) is 3.62. The number of rotatable bonds is 7. The molecule has 0 radical (unpaired) electrons. The van der Waals surface area contributed by atoms with Crippen molar-refractivity contribution in [2.75, 3.05) is 6.61 Å². The Morgan fingerprint density at radius 1 is 1.33 bits per heavy atom. The maximum absolute atomic E-state index is 13.6. The number of nitrogens with zero attached hydrogens (tertiary/aromatic N) is 1. The molecule has 2 N–H and O–H groups in total. The van der Waals surface area contributed by atoms with Gasteiger partial charge in [0.1, 0.15) is 24.5 Å². The first kappa shape index (κ1) is 18.1. The number of carbonyl (C=O) groups excluding carboxylic acids is 3. The molecular weight excluding hydrogens is 315 g/mol. The predicted octanol–water partition coefficient (Wildman–Crippen LogP) is 1.26. The summed E-state index contributed by atoms with van der Waals surface area (Å²) in [6, 6.07) is 3.79. The van der Waals surface area contributed by atoms with Crippen LogP contribution in [0.3, 0.4) is 0 Å². The average molecular weight is 336 g/mol. The number of hydrogen-bond donors (Lipinski definition) is 2. The van der Waals surface area contributed by atoms with Crippen LogP contribution in [0.5, 0.6) is 0 Å². The molecule has 0 aromatic heterocycles. The summed E-state index contributed by atoms with van der Waals surface area (Å²) < 4.78 is 13.6. The molecule has 130 valence electrons. The summed E-state index contributed by atoms with van der Waals surface area (Å²) in [5.41, 5.74) is 0.463. The quantitative estimate of drug-likeness (QED) is 0.734. The molecule has 3 amide bonds. The molecule has 2 rings (SSSR count). The zero-order valence-electron chi connectivity index (χ0n) is 13.7. The highest BCUT2D eigenvalue weighted by Gasteiger charge is 2.45. The Labute approximate surface area is 139 Å². The Bertz CT molecular complexity index is 647. The molecule has 1 saturated heterocycles. The molecule has 0 unspecified atom stereocenters. The molecule has 1 aliphatic heterocycles. The van der Waals surface area contributed by atoms with Crippen LogP contribution < -0.4 is 5.32 Å². The number of ketones is 1. The van der Waals surface area contributed by atoms with Crippen molar-refractivity contribution in [3.8, 4) is 0 Å². The fraction of sp³-hybridized carbons (Fsp3) is 0.471. The van der Waals surface area contributed by atoms with E-state index in [0.717, 1.165) is 4.90 Å². The second kappa shape index (κ2) is 7.53. The number of amides is 3. The summed E-state index contributed by atoms with van der Waals surface area (Å²) in [6.07, 6.45) is 0.525. The number of nitrogens with one attached hydrogen (secondary N) is 1. The van der Waals surface area contributed by atoms with E-state index in [-0.39, 0.29) is 24.6 Å². The minimum absolute atomic E-state index is 0.236. The molecule has 1 aromatic rings. The summed E-state index contributed by atoms with van der Waals surface area (Å²) in [7, 11) is 0. The summed E-state index contributed by atoms with van der Waals surface area (Å²) in [5, 5.41) is 11.6. The fourth-order valence-electron chi connectivity index (χ4n) is 2.92. The number of aryl methyl sites for hydroxylation is 1. The number of aliphatic hydroxyl groups excluding tert-OH is 1. The second-order valence-electron chi connectivity index (χ2n) is 6.15. The van der Waals surface area contributed by atoms with Crippen LogP contribution in [0.4, 0.5) is 9.18 Å². The van der Waals surface area contributed by atoms with Gasteiger partial charge in [-0.25, -0.2) is 9.18 Å². The third-order valence-electron chi connectivity index (χ3n) is 4.11. The Kier molecular flexibility index (Phi) is 5.66. The van der Waals surface area contributed by atoms with E-state index in [2.05, 4.69) is 5.32 Å². The first-order valence-electron chi connectivity index (χ1n) is 7.87. The molecule has 6 nitrogen and oxygen atoms in total. The summed E-state index contributed by atoms with van der Waals surface area (Å²) in [4.78, 5) is 37.4. The molecule has 1 aromatic carbocycles. The number of carbonyl (C=O) groups is 3. The van der Waals surface area contributed by atoms with Gasteiger partial charge < -0.3 is 10.4 Å². The van der Waals surface area contributed by atoms with Gasteiger partial charge in [0.05, 0.1) is 0 Å². The van der Waals surface area contributed by atoms with Crippen molar-refractivity contribution in [3.05, 3.63) is 35.6 Å². The molecule has 1 heterocycles. The van der Waals surface area contributed by atoms with E-state index in [1.807, 2.05) is 0 Å². The van der Waals surface area contributed by atoms with Crippen molar-refractivity contribution >= 4 is 17.7 Å². The van der Waals surface area contributed by atoms with E-state index < -0.39 is 36.4 Å². The minimum Gasteiger partial charge on any atom is -0.388 e. The highest BCUT2D eigenvalue weighted by Crippen LogP contribution is 2.21. The Morgan fingerprint density at radius 2 is 2.00 bits per heavy atom. The van der Waals surface area contributed by atoms with Gasteiger partial charge in [-0.3, -0.25) is 14.5 Å². The van der Waals surface area contributed by atoms with Gasteiger partial charge in [0.15, 0.2) is 5.78 Å². The molecule has 7 heteroatoms. The molecule has 0 bridgehead atoms. The largest absolute Gasteiger partial charge is 0.388 e. The van der Waals surface area contributed by atoms with Crippen molar-refractivity contribution in [1.82, 2.24) is 10.2 Å². The number of urea groups is 1. The Hall–Kier alpha value is -2.28. The van der Waals surface area contributed by atoms with Crippen LogP contribution in [-0.4, -0.2) is 46.4 Å². The lowest BCUT2D eigenvalue weighted by molar-refractivity contribution is -0.137. The van der Waals surface area contributed by atoms with Crippen LogP contribution in [0.15, 0.2) is 24.3 Å². The number of hydrogen-bond acceptors (Lipinski definition) is 4. The lowest BCUT2D eigenvalue weighted by atomic mass is 9.98. The molecule has 2 atom stereocenters. The number of Topliss-reactive ketones (excluding diaryl/α,β-unsaturated/α-hetero) is 1. The van der Waals surface area contributed by atoms with E-state index in [9.17, 15) is 18.8 Å². The molecule has 1 fully saturated rings. The summed E-state index contributed by atoms with van der Waals surface area (Å²) in [6.45, 7) is 2.66. The van der Waals surface area contributed by atoms with Gasteiger partial charge in [0, 0.05) is 0 Å². The fourth-order valence-corrected chi connectivity index (χ4v) is 2.92. The lowest BCUT2D eigenvalue weighted by Gasteiger charge is -2.26. The van der Waals surface area contributed by atoms with Crippen LogP contribution >= 0.6 is 0 Å². The van der Waals surface area contributed by atoms with Crippen LogP contribution in [0, 0.1) is 11.7 Å². The molecular formula is C17H21FN2O4. The van der Waals surface area contributed by atoms with Crippen molar-refractivity contribution < 1.29 is 23.9 Å². The number of imide groups is 1. The molecule has 24 heavy (non-hydrogen) atoms. The average Bonchev–Trinajstić information content (AvgIpc) is 2.81. The predicted molar refractivity (Wildman–Crippen MR) is 84.6 cm³/mol. The second-order valence-corrected chi connectivity index (χ2v) is 6.15. The normalized spacial score (nSPS) is 18.9. The number of halogens is 1. The third-order valence-corrected chi connectivity index (χ3v) is 4.11. The minimum atomic E-state index is -0.999. The van der Waals surface area contributed by atoms with Crippen molar-refractivity contribution in [1.29, 1.82) is 0 Å². The zero-order chi connectivity index (χ0) is 17.9. The van der Waals surface area contributed by atoms with Gasteiger partial charge in [-0.1, -0.05) is 32.0 Å². The first-order valence-corrected chi connectivity index (χ1v) is 7.87. The van der Waals surface area contributed by atoms with Gasteiger partial charge >= 0.3 is 6.03 Å². The smallest absolute Gasteiger partial charge is 0.325 e. The van der Waals surface area contributed by atoms with Crippen molar-refractivity contribution in [2.45, 2.75) is 38.8 Å². The molecule has 0 spiro atoms. The Morgan fingerprint density at radius 3 is 2.58 bits per heavy atom. The van der Waals surface area contributed by atoms with Crippen molar-refractivity contribution in [3.63, 3.8) is 0 Å². The van der Waals surface area contributed by atoms with Crippen LogP contribution in [0.25, 0.3) is 0 Å². The first-order chi connectivity index (χ1) is 11.4. The van der Waals surface area contributed by atoms with E-state index in [4.69, 9.17) is 5.11 Å². The topological polar surface area (TPSA) is 86.7 Å². The van der Waals surface area contributed by atoms with Crippen molar-refractivity contribution in [2.24, 2.45) is 5.92 Å². The maximum atomic E-state index is 13.6. The Balaban J connectivity index is 2.10. The molecule has 0 aliphatic carbocycles. The molecule has 1 aliphatic rings. The van der Waals surface area contributed by atoms with E-state index in [0.29, 0.717) is 5.56 Å². The van der Waals surface area contributed by atoms with Gasteiger partial charge in [-0.15, -0.1) is 0 Å². The summed E-state index contributed by atoms with van der Waals surface area (Å²) in [5.74, 6) is -1.77. The standard InChI is InChI=1S/C17H21FN2O4/c1-10(2)15(14(22)9-21)20-16(23)13(19-17(20)24)8-7-11-5-3-4-6-12(11)18/h3-6,10,13,15,21H,7-9H2,1-2H3,(H,19,24)/t13-,15+/m0/s1. The van der Waals surface area contributed by atoms with Crippen LogP contribution in [0.1, 0.15) is 25.8 Å². The van der Waals surface area contributed by atoms with E-state index >= 15 is 0 Å². The SMILES string of the molecule is CC(C)[C@H](C(=O)CO)N1C(=O)N[C@@H](CCc2ccccc2F)C1=O. The number of aliphatic hydroxyl groups is 1. The van der Waals surface area contributed by atoms with Gasteiger partial charge in [0.2, 0.25) is 0 Å². The highest BCUT2D eigenvalue weighted by molar-refractivity contribution is 6.07. The number of benzene rings is 1. The maximum Gasteiger partial charge on any atom is 0.325 e.